The molecule has 0 aliphatic carbocycles. The molecular weight excluding hydrogens is 380 g/mol. The largest absolute Gasteiger partial charge is 0.481 e. The number of hydrogen-bond acceptors (Lipinski definition) is 3. The quantitative estimate of drug-likeness (QED) is 0.774. The molecule has 1 saturated heterocycles. The van der Waals surface area contributed by atoms with Gasteiger partial charge in [-0.2, -0.15) is 13.2 Å². The number of carbonyl (C=O) groups excluding carboxylic acids is 1. The van der Waals surface area contributed by atoms with Gasteiger partial charge in [-0.1, -0.05) is 18.2 Å². The fourth-order valence-electron chi connectivity index (χ4n) is 2.88. The number of rotatable bonds is 5. The van der Waals surface area contributed by atoms with Crippen molar-refractivity contribution >= 4 is 24.3 Å². The minimum Gasteiger partial charge on any atom is -0.481 e. The SMILES string of the molecule is CN(Cc1ccccc1F)C(=O)CN1C[C@@H](C(F)(F)F)[C@H](C(=O)O)C1.Cl. The number of hydrogen-bond donors (Lipinski definition) is 1. The molecule has 1 aliphatic rings. The lowest BCUT2D eigenvalue weighted by Crippen LogP contribution is -2.38. The van der Waals surface area contributed by atoms with Crippen molar-refractivity contribution in [2.45, 2.75) is 12.7 Å². The van der Waals surface area contributed by atoms with Crippen LogP contribution in [0, 0.1) is 17.7 Å². The van der Waals surface area contributed by atoms with Crippen LogP contribution in [0.1, 0.15) is 5.56 Å². The number of carboxylic acids is 1. The van der Waals surface area contributed by atoms with Gasteiger partial charge < -0.3 is 10.0 Å². The summed E-state index contributed by atoms with van der Waals surface area (Å²) >= 11 is 0. The Labute approximate surface area is 154 Å². The second-order valence-corrected chi connectivity index (χ2v) is 6.13. The second-order valence-electron chi connectivity index (χ2n) is 6.13. The van der Waals surface area contributed by atoms with Crippen molar-refractivity contribution in [3.8, 4) is 0 Å². The molecule has 0 bridgehead atoms. The van der Waals surface area contributed by atoms with Crippen LogP contribution in [0.25, 0.3) is 0 Å². The van der Waals surface area contributed by atoms with Crippen molar-refractivity contribution in [1.82, 2.24) is 9.80 Å². The molecule has 2 rings (SSSR count). The zero-order valence-corrected chi connectivity index (χ0v) is 14.7. The highest BCUT2D eigenvalue weighted by molar-refractivity contribution is 5.85. The van der Waals surface area contributed by atoms with Gasteiger partial charge in [0.1, 0.15) is 5.82 Å². The predicted molar refractivity (Wildman–Crippen MR) is 87.2 cm³/mol. The topological polar surface area (TPSA) is 60.9 Å². The van der Waals surface area contributed by atoms with Gasteiger partial charge in [-0.25, -0.2) is 4.39 Å². The maximum Gasteiger partial charge on any atom is 0.393 e. The van der Waals surface area contributed by atoms with E-state index in [1.54, 1.807) is 6.07 Å². The summed E-state index contributed by atoms with van der Waals surface area (Å²) in [7, 11) is 1.42. The van der Waals surface area contributed by atoms with Crippen molar-refractivity contribution in [2.24, 2.45) is 11.8 Å². The maximum atomic E-state index is 13.6. The van der Waals surface area contributed by atoms with Crippen LogP contribution in [0.2, 0.25) is 0 Å². The first-order valence-electron chi connectivity index (χ1n) is 7.59. The fourth-order valence-corrected chi connectivity index (χ4v) is 2.88. The molecule has 1 aromatic carbocycles. The summed E-state index contributed by atoms with van der Waals surface area (Å²) in [4.78, 5) is 25.6. The monoisotopic (exact) mass is 398 g/mol. The van der Waals surface area contributed by atoms with Crippen LogP contribution in [0.3, 0.4) is 0 Å². The molecule has 1 aromatic rings. The number of carbonyl (C=O) groups is 2. The molecule has 1 aliphatic heterocycles. The molecular formula is C16H19ClF4N2O3. The molecule has 1 heterocycles. The van der Waals surface area contributed by atoms with Crippen molar-refractivity contribution < 1.29 is 32.3 Å². The highest BCUT2D eigenvalue weighted by Crippen LogP contribution is 2.37. The van der Waals surface area contributed by atoms with E-state index >= 15 is 0 Å². The number of benzene rings is 1. The zero-order valence-electron chi connectivity index (χ0n) is 13.9. The molecule has 5 nitrogen and oxygen atoms in total. The van der Waals surface area contributed by atoms with E-state index in [2.05, 4.69) is 0 Å². The van der Waals surface area contributed by atoms with Crippen molar-refractivity contribution in [2.75, 3.05) is 26.7 Å². The van der Waals surface area contributed by atoms with Gasteiger partial charge in [-0.05, 0) is 6.07 Å². The summed E-state index contributed by atoms with van der Waals surface area (Å²) in [6.07, 6.45) is -4.64. The molecule has 2 atom stereocenters. The lowest BCUT2D eigenvalue weighted by molar-refractivity contribution is -0.188. The van der Waals surface area contributed by atoms with Gasteiger partial charge in [-0.3, -0.25) is 14.5 Å². The molecule has 1 fully saturated rings. The Bertz CT molecular complexity index is 657. The Morgan fingerprint density at radius 3 is 2.38 bits per heavy atom. The van der Waals surface area contributed by atoms with Crippen LogP contribution in [0.15, 0.2) is 24.3 Å². The van der Waals surface area contributed by atoms with Crippen LogP contribution >= 0.6 is 12.4 Å². The number of alkyl halides is 3. The first-order chi connectivity index (χ1) is 11.6. The van der Waals surface area contributed by atoms with E-state index < -0.39 is 42.3 Å². The van der Waals surface area contributed by atoms with Gasteiger partial charge >= 0.3 is 12.1 Å². The van der Waals surface area contributed by atoms with E-state index in [1.165, 1.54) is 35.0 Å². The second kappa shape index (κ2) is 8.68. The summed E-state index contributed by atoms with van der Waals surface area (Å²) in [5.41, 5.74) is 0.288. The van der Waals surface area contributed by atoms with Crippen LogP contribution in [0.5, 0.6) is 0 Å². The fraction of sp³-hybridized carbons (Fsp3) is 0.500. The average Bonchev–Trinajstić information content (AvgIpc) is 2.94. The molecule has 146 valence electrons. The molecule has 26 heavy (non-hydrogen) atoms. The first kappa shape index (κ1) is 22.2. The number of halogens is 5. The van der Waals surface area contributed by atoms with E-state index in [0.29, 0.717) is 0 Å². The van der Waals surface area contributed by atoms with Gasteiger partial charge in [0, 0.05) is 32.2 Å². The third-order valence-corrected chi connectivity index (χ3v) is 4.28. The molecule has 0 aromatic heterocycles. The van der Waals surface area contributed by atoms with Crippen molar-refractivity contribution in [1.29, 1.82) is 0 Å². The Morgan fingerprint density at radius 1 is 1.27 bits per heavy atom. The van der Waals surface area contributed by atoms with Crippen LogP contribution in [-0.4, -0.2) is 59.6 Å². The van der Waals surface area contributed by atoms with Crippen LogP contribution < -0.4 is 0 Å². The standard InChI is InChI=1S/C16H18F4N2O3.ClH/c1-21(6-10-4-2-3-5-13(10)17)14(23)9-22-7-11(15(24)25)12(8-22)16(18,19)20;/h2-5,11-12H,6-9H2,1H3,(H,24,25);1H/t11-,12-;/m1./s1. The highest BCUT2D eigenvalue weighted by Gasteiger charge is 2.52. The van der Waals surface area contributed by atoms with E-state index in [9.17, 15) is 27.2 Å². The highest BCUT2D eigenvalue weighted by atomic mass is 35.5. The number of carboxylic acid groups (broad SMARTS) is 1. The summed E-state index contributed by atoms with van der Waals surface area (Å²) in [6, 6.07) is 5.88. The van der Waals surface area contributed by atoms with Gasteiger partial charge in [0.05, 0.1) is 18.4 Å². The lowest BCUT2D eigenvalue weighted by atomic mass is 9.96. The summed E-state index contributed by atoms with van der Waals surface area (Å²) < 4.78 is 52.4. The number of likely N-dealkylation sites (N-methyl/N-ethyl adjacent to an activating group) is 1. The molecule has 0 spiro atoms. The minimum atomic E-state index is -4.64. The number of likely N-dealkylation sites (tertiary alicyclic amines) is 1. The van der Waals surface area contributed by atoms with Crippen LogP contribution in [-0.2, 0) is 16.1 Å². The normalized spacial score (nSPS) is 20.5. The molecule has 1 N–H and O–H groups in total. The van der Waals surface area contributed by atoms with Crippen molar-refractivity contribution in [3.05, 3.63) is 35.6 Å². The number of nitrogens with zero attached hydrogens (tertiary/aromatic N) is 2. The molecule has 0 unspecified atom stereocenters. The molecule has 0 radical (unpaired) electrons. The predicted octanol–water partition coefficient (Wildman–Crippen LogP) is 2.40. The van der Waals surface area contributed by atoms with Crippen molar-refractivity contribution in [3.63, 3.8) is 0 Å². The molecule has 10 heteroatoms. The Morgan fingerprint density at radius 2 is 1.88 bits per heavy atom. The van der Waals surface area contributed by atoms with Gasteiger partial charge in [0.25, 0.3) is 0 Å². The molecule has 0 saturated carbocycles. The van der Waals surface area contributed by atoms with E-state index in [-0.39, 0.29) is 37.6 Å². The van der Waals surface area contributed by atoms with Crippen LogP contribution in [0.4, 0.5) is 17.6 Å². The first-order valence-corrected chi connectivity index (χ1v) is 7.59. The summed E-state index contributed by atoms with van der Waals surface area (Å²) in [6.45, 7) is -1.26. The van der Waals surface area contributed by atoms with E-state index in [0.717, 1.165) is 0 Å². The zero-order chi connectivity index (χ0) is 18.8. The Balaban J connectivity index is 0.00000338. The smallest absolute Gasteiger partial charge is 0.393 e. The third-order valence-electron chi connectivity index (χ3n) is 4.28. The minimum absolute atomic E-state index is 0. The lowest BCUT2D eigenvalue weighted by Gasteiger charge is -2.22. The molecule has 1 amide bonds. The van der Waals surface area contributed by atoms with Gasteiger partial charge in [0.2, 0.25) is 5.91 Å². The van der Waals surface area contributed by atoms with Gasteiger partial charge in [-0.15, -0.1) is 12.4 Å². The Kier molecular flexibility index (Phi) is 7.40. The third kappa shape index (κ3) is 5.31. The summed E-state index contributed by atoms with van der Waals surface area (Å²) in [5, 5.41) is 8.97. The summed E-state index contributed by atoms with van der Waals surface area (Å²) in [5.74, 6) is -6.11. The van der Waals surface area contributed by atoms with E-state index in [4.69, 9.17) is 5.11 Å². The average molecular weight is 399 g/mol. The van der Waals surface area contributed by atoms with Gasteiger partial charge in [0.15, 0.2) is 0 Å². The van der Waals surface area contributed by atoms with E-state index in [1.807, 2.05) is 0 Å². The Hall–Kier alpha value is -1.87. The maximum absolute atomic E-state index is 13.6. The number of aliphatic carboxylic acids is 1. The number of amides is 1.